The highest BCUT2D eigenvalue weighted by Crippen LogP contribution is 2.37. The Hall–Kier alpha value is -0.570. The molecule has 19 heavy (non-hydrogen) atoms. The van der Waals surface area contributed by atoms with E-state index in [0.29, 0.717) is 6.04 Å². The van der Waals surface area contributed by atoms with Gasteiger partial charge in [-0.25, -0.2) is 0 Å². The third kappa shape index (κ3) is 3.31. The van der Waals surface area contributed by atoms with E-state index < -0.39 is 0 Å². The highest BCUT2D eigenvalue weighted by atomic mass is 32.1. The Labute approximate surface area is 122 Å². The predicted octanol–water partition coefficient (Wildman–Crippen LogP) is 5.37. The van der Waals surface area contributed by atoms with Crippen molar-refractivity contribution >= 4 is 12.2 Å². The quantitative estimate of drug-likeness (QED) is 0.738. The number of nitrogens with zero attached hydrogens (tertiary/aromatic N) is 1. The van der Waals surface area contributed by atoms with Crippen LogP contribution in [0.3, 0.4) is 0 Å². The summed E-state index contributed by atoms with van der Waals surface area (Å²) in [5.74, 6) is 0.951. The van der Waals surface area contributed by atoms with Gasteiger partial charge in [0.05, 0.1) is 0 Å². The topological polar surface area (TPSA) is 20.7 Å². The molecule has 0 radical (unpaired) electrons. The second-order valence-electron chi connectivity index (χ2n) is 7.06. The molecule has 1 aliphatic rings. The lowest BCUT2D eigenvalue weighted by Crippen LogP contribution is -2.24. The second kappa shape index (κ2) is 5.82. The lowest BCUT2D eigenvalue weighted by molar-refractivity contribution is 0.253. The number of nitrogens with one attached hydrogen (secondary N) is 1. The molecule has 1 aromatic rings. The van der Waals surface area contributed by atoms with Crippen LogP contribution in [0.5, 0.6) is 0 Å². The summed E-state index contributed by atoms with van der Waals surface area (Å²) in [6.07, 6.45) is 10.2. The average molecular weight is 280 g/mol. The SMILES string of the molecule is CCCC1CCC(n2c(C(C)(C)C)c[nH]c2=S)CC1. The van der Waals surface area contributed by atoms with E-state index in [1.165, 1.54) is 44.2 Å². The third-order valence-corrected chi connectivity index (χ3v) is 4.77. The number of hydrogen-bond donors (Lipinski definition) is 1. The van der Waals surface area contributed by atoms with E-state index in [0.717, 1.165) is 10.7 Å². The molecule has 1 aliphatic carbocycles. The summed E-state index contributed by atoms with van der Waals surface area (Å²) in [5, 5.41) is 0. The van der Waals surface area contributed by atoms with Crippen LogP contribution in [0.15, 0.2) is 6.20 Å². The van der Waals surface area contributed by atoms with Gasteiger partial charge in [0.2, 0.25) is 0 Å². The van der Waals surface area contributed by atoms with E-state index in [9.17, 15) is 0 Å². The lowest BCUT2D eigenvalue weighted by Gasteiger charge is -2.32. The molecule has 0 spiro atoms. The third-order valence-electron chi connectivity index (χ3n) is 4.46. The maximum absolute atomic E-state index is 5.51. The van der Waals surface area contributed by atoms with Gasteiger partial charge in [-0.2, -0.15) is 0 Å². The molecule has 1 heterocycles. The normalized spacial score (nSPS) is 24.6. The molecule has 0 aromatic carbocycles. The molecular formula is C16H28N2S. The standard InChI is InChI=1S/C16H28N2S/c1-5-6-12-7-9-13(10-8-12)18-14(16(2,3)4)11-17-15(18)19/h11-13H,5-10H2,1-4H3,(H,17,19). The minimum Gasteiger partial charge on any atom is -0.337 e. The van der Waals surface area contributed by atoms with Crippen LogP contribution in [0, 0.1) is 10.7 Å². The Morgan fingerprint density at radius 2 is 1.89 bits per heavy atom. The summed E-state index contributed by atoms with van der Waals surface area (Å²) < 4.78 is 3.31. The van der Waals surface area contributed by atoms with Gasteiger partial charge in [-0.3, -0.25) is 0 Å². The van der Waals surface area contributed by atoms with E-state index in [-0.39, 0.29) is 5.41 Å². The van der Waals surface area contributed by atoms with Gasteiger partial charge in [0.1, 0.15) is 0 Å². The minimum atomic E-state index is 0.161. The van der Waals surface area contributed by atoms with Gasteiger partial charge in [-0.05, 0) is 43.8 Å². The van der Waals surface area contributed by atoms with Gasteiger partial charge < -0.3 is 9.55 Å². The van der Waals surface area contributed by atoms with Gasteiger partial charge >= 0.3 is 0 Å². The van der Waals surface area contributed by atoms with Crippen molar-refractivity contribution in [2.45, 2.75) is 77.7 Å². The average Bonchev–Trinajstić information content (AvgIpc) is 2.72. The van der Waals surface area contributed by atoms with Crippen molar-refractivity contribution in [3.05, 3.63) is 16.7 Å². The first-order valence-electron chi connectivity index (χ1n) is 7.74. The van der Waals surface area contributed by atoms with Crippen molar-refractivity contribution in [1.82, 2.24) is 9.55 Å². The smallest absolute Gasteiger partial charge is 0.177 e. The monoisotopic (exact) mass is 280 g/mol. The number of imidazole rings is 1. The first-order valence-corrected chi connectivity index (χ1v) is 8.14. The molecule has 0 unspecified atom stereocenters. The fourth-order valence-electron chi connectivity index (χ4n) is 3.42. The molecule has 0 bridgehead atoms. The van der Waals surface area contributed by atoms with Crippen LogP contribution in [-0.2, 0) is 5.41 Å². The maximum Gasteiger partial charge on any atom is 0.177 e. The summed E-state index contributed by atoms with van der Waals surface area (Å²) in [4.78, 5) is 3.26. The molecule has 3 heteroatoms. The Morgan fingerprint density at radius 1 is 1.26 bits per heavy atom. The van der Waals surface area contributed by atoms with Gasteiger partial charge in [0, 0.05) is 23.3 Å². The largest absolute Gasteiger partial charge is 0.337 e. The van der Waals surface area contributed by atoms with Crippen LogP contribution in [0.4, 0.5) is 0 Å². The number of hydrogen-bond acceptors (Lipinski definition) is 1. The van der Waals surface area contributed by atoms with E-state index >= 15 is 0 Å². The first kappa shape index (κ1) is 14.8. The molecule has 1 fully saturated rings. The molecule has 2 nitrogen and oxygen atoms in total. The zero-order valence-electron chi connectivity index (χ0n) is 12.8. The van der Waals surface area contributed by atoms with Gasteiger partial charge in [-0.15, -0.1) is 0 Å². The van der Waals surface area contributed by atoms with Crippen molar-refractivity contribution < 1.29 is 0 Å². The first-order chi connectivity index (χ1) is 8.93. The lowest BCUT2D eigenvalue weighted by atomic mass is 9.83. The summed E-state index contributed by atoms with van der Waals surface area (Å²) in [6, 6.07) is 0.612. The zero-order valence-corrected chi connectivity index (χ0v) is 13.6. The highest BCUT2D eigenvalue weighted by molar-refractivity contribution is 7.71. The van der Waals surface area contributed by atoms with Crippen molar-refractivity contribution in [3.8, 4) is 0 Å². The Morgan fingerprint density at radius 3 is 2.42 bits per heavy atom. The highest BCUT2D eigenvalue weighted by Gasteiger charge is 2.27. The fourth-order valence-corrected chi connectivity index (χ4v) is 3.73. The Bertz CT molecular complexity index is 456. The molecule has 0 aliphatic heterocycles. The van der Waals surface area contributed by atoms with E-state index in [2.05, 4.69) is 43.4 Å². The van der Waals surface area contributed by atoms with Crippen LogP contribution in [0.1, 0.15) is 78.0 Å². The molecule has 1 aromatic heterocycles. The minimum absolute atomic E-state index is 0.161. The van der Waals surface area contributed by atoms with Crippen LogP contribution in [-0.4, -0.2) is 9.55 Å². The van der Waals surface area contributed by atoms with Gasteiger partial charge in [0.15, 0.2) is 4.77 Å². The van der Waals surface area contributed by atoms with E-state index in [1.54, 1.807) is 0 Å². The Kier molecular flexibility index (Phi) is 4.54. The van der Waals surface area contributed by atoms with Crippen molar-refractivity contribution in [3.63, 3.8) is 0 Å². The van der Waals surface area contributed by atoms with Crippen molar-refractivity contribution in [2.24, 2.45) is 5.92 Å². The van der Waals surface area contributed by atoms with Crippen LogP contribution in [0.2, 0.25) is 0 Å². The molecule has 1 saturated carbocycles. The maximum atomic E-state index is 5.51. The molecule has 0 saturated heterocycles. The van der Waals surface area contributed by atoms with Crippen LogP contribution in [0.25, 0.3) is 0 Å². The van der Waals surface area contributed by atoms with Crippen LogP contribution < -0.4 is 0 Å². The van der Waals surface area contributed by atoms with Gasteiger partial charge in [-0.1, -0.05) is 40.5 Å². The van der Waals surface area contributed by atoms with Crippen LogP contribution >= 0.6 is 12.2 Å². The van der Waals surface area contributed by atoms with E-state index in [4.69, 9.17) is 12.2 Å². The molecular weight excluding hydrogens is 252 g/mol. The summed E-state index contributed by atoms with van der Waals surface area (Å²) in [6.45, 7) is 9.10. The van der Waals surface area contributed by atoms with Crippen molar-refractivity contribution in [1.29, 1.82) is 0 Å². The molecule has 108 valence electrons. The number of rotatable bonds is 3. The summed E-state index contributed by atoms with van der Waals surface area (Å²) in [7, 11) is 0. The fraction of sp³-hybridized carbons (Fsp3) is 0.812. The predicted molar refractivity (Wildman–Crippen MR) is 84.2 cm³/mol. The molecule has 2 rings (SSSR count). The van der Waals surface area contributed by atoms with Gasteiger partial charge in [0.25, 0.3) is 0 Å². The second-order valence-corrected chi connectivity index (χ2v) is 7.45. The number of aromatic amines is 1. The summed E-state index contributed by atoms with van der Waals surface area (Å²) in [5.41, 5.74) is 1.52. The van der Waals surface area contributed by atoms with E-state index in [1.807, 2.05) is 0 Å². The summed E-state index contributed by atoms with van der Waals surface area (Å²) >= 11 is 5.51. The molecule has 0 atom stereocenters. The van der Waals surface area contributed by atoms with Crippen molar-refractivity contribution in [2.75, 3.05) is 0 Å². The number of aromatic nitrogens is 2. The Balaban J connectivity index is 2.16. The zero-order chi connectivity index (χ0) is 14.0. The molecule has 0 amide bonds. The number of H-pyrrole nitrogens is 1. The molecule has 1 N–H and O–H groups in total.